The van der Waals surface area contributed by atoms with Gasteiger partial charge in [0.1, 0.15) is 0 Å². The van der Waals surface area contributed by atoms with Crippen LogP contribution in [0.5, 0.6) is 0 Å². The lowest BCUT2D eigenvalue weighted by molar-refractivity contribution is 0.102. The van der Waals surface area contributed by atoms with E-state index >= 15 is 0 Å². The summed E-state index contributed by atoms with van der Waals surface area (Å²) in [5.41, 5.74) is 3.47. The maximum absolute atomic E-state index is 13.1. The number of Topliss-reactive ketones (excluding diaryl/α,β-unsaturated/α-hetero) is 1. The van der Waals surface area contributed by atoms with Gasteiger partial charge in [-0.15, -0.1) is 12.4 Å². The van der Waals surface area contributed by atoms with Gasteiger partial charge in [-0.2, -0.15) is 0 Å². The molecule has 0 saturated heterocycles. The van der Waals surface area contributed by atoms with E-state index < -0.39 is 0 Å². The molecule has 3 rings (SSSR count). The van der Waals surface area contributed by atoms with Crippen molar-refractivity contribution in [2.45, 2.75) is 6.54 Å². The van der Waals surface area contributed by atoms with Crippen molar-refractivity contribution < 1.29 is 4.79 Å². The molecule has 0 bridgehead atoms. The number of carbonyl (C=O) groups is 1. The number of benzene rings is 3. The zero-order valence-corrected chi connectivity index (χ0v) is 17.3. The van der Waals surface area contributed by atoms with Gasteiger partial charge in [-0.05, 0) is 30.3 Å². The van der Waals surface area contributed by atoms with Gasteiger partial charge >= 0.3 is 0 Å². The Morgan fingerprint density at radius 1 is 0.893 bits per heavy atom. The van der Waals surface area contributed by atoms with E-state index in [1.165, 1.54) is 5.56 Å². The quantitative estimate of drug-likeness (QED) is 0.342. The fourth-order valence-electron chi connectivity index (χ4n) is 2.98. The number of rotatable bonds is 7. The molecule has 0 aliphatic rings. The second-order valence-corrected chi connectivity index (χ2v) is 6.95. The molecule has 0 aromatic heterocycles. The van der Waals surface area contributed by atoms with Crippen molar-refractivity contribution in [1.82, 2.24) is 4.90 Å². The molecule has 0 saturated carbocycles. The van der Waals surface area contributed by atoms with E-state index in [0.717, 1.165) is 12.1 Å². The van der Waals surface area contributed by atoms with Crippen molar-refractivity contribution in [1.29, 1.82) is 0 Å². The number of hydrogen-bond donors (Lipinski definition) is 0. The minimum Gasteiger partial charge on any atom is -0.298 e. The minimum atomic E-state index is 0. The molecule has 3 aromatic carbocycles. The number of likely N-dealkylation sites (N-methyl/N-ethyl adjacent to an activating group) is 1. The number of halogens is 2. The molecule has 0 fully saturated rings. The molecule has 2 nitrogen and oxygen atoms in total. The van der Waals surface area contributed by atoms with Crippen LogP contribution in [0.2, 0.25) is 5.02 Å². The van der Waals surface area contributed by atoms with Crippen molar-refractivity contribution in [3.05, 3.63) is 112 Å². The third-order valence-electron chi connectivity index (χ3n) is 4.30. The zero-order chi connectivity index (χ0) is 19.1. The van der Waals surface area contributed by atoms with Crippen LogP contribution in [-0.2, 0) is 6.54 Å². The first-order chi connectivity index (χ1) is 13.1. The summed E-state index contributed by atoms with van der Waals surface area (Å²) in [5.74, 6) is 0.0235. The Hall–Kier alpha value is -2.39. The Morgan fingerprint density at radius 3 is 2.11 bits per heavy atom. The smallest absolute Gasteiger partial charge is 0.190 e. The molecule has 0 spiro atoms. The zero-order valence-electron chi connectivity index (χ0n) is 15.7. The second kappa shape index (κ2) is 10.8. The van der Waals surface area contributed by atoms with Crippen molar-refractivity contribution in [2.24, 2.45) is 0 Å². The number of ketones is 1. The summed E-state index contributed by atoms with van der Waals surface area (Å²) in [7, 11) is 2.02. The molecule has 0 atom stereocenters. The van der Waals surface area contributed by atoms with E-state index in [1.54, 1.807) is 0 Å². The van der Waals surface area contributed by atoms with Gasteiger partial charge in [-0.3, -0.25) is 9.69 Å². The topological polar surface area (TPSA) is 20.3 Å². The van der Waals surface area contributed by atoms with Gasteiger partial charge in [0, 0.05) is 29.2 Å². The number of nitrogens with zero attached hydrogens (tertiary/aromatic N) is 1. The van der Waals surface area contributed by atoms with Crippen LogP contribution in [0.3, 0.4) is 0 Å². The average molecular weight is 412 g/mol. The third-order valence-corrected chi connectivity index (χ3v) is 4.64. The molecule has 3 aromatic rings. The summed E-state index contributed by atoms with van der Waals surface area (Å²) in [4.78, 5) is 15.2. The third kappa shape index (κ3) is 6.07. The fraction of sp³-hybridized carbons (Fsp3) is 0.125. The molecule has 144 valence electrons. The van der Waals surface area contributed by atoms with Crippen LogP contribution in [0, 0.1) is 0 Å². The normalized spacial score (nSPS) is 11.2. The molecule has 0 unspecified atom stereocenters. The summed E-state index contributed by atoms with van der Waals surface area (Å²) in [6.45, 7) is 1.30. The monoisotopic (exact) mass is 411 g/mol. The predicted octanol–water partition coefficient (Wildman–Crippen LogP) is 6.16. The molecular formula is C24H23Cl2NO. The van der Waals surface area contributed by atoms with E-state index in [-0.39, 0.29) is 18.2 Å². The molecule has 4 heteroatoms. The summed E-state index contributed by atoms with van der Waals surface area (Å²) < 4.78 is 0. The second-order valence-electron chi connectivity index (χ2n) is 6.54. The number of hydrogen-bond acceptors (Lipinski definition) is 2. The molecule has 0 aliphatic carbocycles. The van der Waals surface area contributed by atoms with Gasteiger partial charge in [0.2, 0.25) is 0 Å². The highest BCUT2D eigenvalue weighted by atomic mass is 35.5. The first kappa shape index (κ1) is 21.9. The highest BCUT2D eigenvalue weighted by molar-refractivity contribution is 6.32. The van der Waals surface area contributed by atoms with E-state index in [2.05, 4.69) is 17.0 Å². The molecular weight excluding hydrogens is 389 g/mol. The largest absolute Gasteiger partial charge is 0.298 e. The summed E-state index contributed by atoms with van der Waals surface area (Å²) in [6, 6.07) is 27.2. The van der Waals surface area contributed by atoms with Crippen LogP contribution in [0.1, 0.15) is 21.5 Å². The Morgan fingerprint density at radius 2 is 1.46 bits per heavy atom. The Kier molecular flexibility index (Phi) is 8.46. The van der Waals surface area contributed by atoms with E-state index in [1.807, 2.05) is 85.9 Å². The predicted molar refractivity (Wildman–Crippen MR) is 120 cm³/mol. The maximum Gasteiger partial charge on any atom is 0.190 e. The van der Waals surface area contributed by atoms with Crippen LogP contribution in [-0.4, -0.2) is 24.3 Å². The first-order valence-corrected chi connectivity index (χ1v) is 9.28. The van der Waals surface area contributed by atoms with Gasteiger partial charge in [-0.25, -0.2) is 0 Å². The van der Waals surface area contributed by atoms with Crippen LogP contribution in [0.4, 0.5) is 0 Å². The van der Waals surface area contributed by atoms with Crippen molar-refractivity contribution in [3.8, 4) is 0 Å². The highest BCUT2D eigenvalue weighted by Crippen LogP contribution is 2.21. The lowest BCUT2D eigenvalue weighted by atomic mass is 10.00. The fourth-order valence-corrected chi connectivity index (χ4v) is 3.17. The summed E-state index contributed by atoms with van der Waals surface area (Å²) in [5, 5.41) is 0.640. The first-order valence-electron chi connectivity index (χ1n) is 8.91. The molecule has 0 N–H and O–H groups in total. The van der Waals surface area contributed by atoms with Gasteiger partial charge in [0.15, 0.2) is 5.78 Å². The summed E-state index contributed by atoms with van der Waals surface area (Å²) in [6.07, 6.45) is 1.90. The number of carbonyl (C=O) groups excluding carboxylic acids is 1. The molecule has 28 heavy (non-hydrogen) atoms. The van der Waals surface area contributed by atoms with Crippen LogP contribution < -0.4 is 0 Å². The van der Waals surface area contributed by atoms with Gasteiger partial charge in [0.25, 0.3) is 0 Å². The van der Waals surface area contributed by atoms with Crippen molar-refractivity contribution in [2.75, 3.05) is 13.6 Å². The Bertz CT molecular complexity index is 924. The van der Waals surface area contributed by atoms with Gasteiger partial charge < -0.3 is 0 Å². The molecule has 0 aliphatic heterocycles. The lowest BCUT2D eigenvalue weighted by Gasteiger charge is -2.19. The summed E-state index contributed by atoms with van der Waals surface area (Å²) >= 11 is 6.32. The Labute approximate surface area is 177 Å². The van der Waals surface area contributed by atoms with Crippen molar-refractivity contribution >= 4 is 35.9 Å². The van der Waals surface area contributed by atoms with E-state index in [4.69, 9.17) is 11.6 Å². The SMILES string of the molecule is CN(C/C(=C\c1ccccc1Cl)C(=O)c1ccccc1)Cc1ccccc1.Cl. The molecule has 0 radical (unpaired) electrons. The van der Waals surface area contributed by atoms with Crippen molar-refractivity contribution in [3.63, 3.8) is 0 Å². The van der Waals surface area contributed by atoms with Crippen LogP contribution in [0.15, 0.2) is 90.5 Å². The standard InChI is InChI=1S/C24H22ClNO.ClH/c1-26(17-19-10-4-2-5-11-19)18-22(16-21-14-8-9-15-23(21)25)24(27)20-12-6-3-7-13-20;/h2-16H,17-18H2,1H3;1H/b22-16+;. The van der Waals surface area contributed by atoms with Gasteiger partial charge in [0.05, 0.1) is 0 Å². The highest BCUT2D eigenvalue weighted by Gasteiger charge is 2.15. The Balaban J connectivity index is 0.00000280. The van der Waals surface area contributed by atoms with E-state index in [0.29, 0.717) is 22.7 Å². The van der Waals surface area contributed by atoms with Crippen LogP contribution >= 0.6 is 24.0 Å². The maximum atomic E-state index is 13.1. The molecule has 0 heterocycles. The lowest BCUT2D eigenvalue weighted by Crippen LogP contribution is -2.24. The van der Waals surface area contributed by atoms with Crippen LogP contribution in [0.25, 0.3) is 6.08 Å². The minimum absolute atomic E-state index is 0. The van der Waals surface area contributed by atoms with Gasteiger partial charge in [-0.1, -0.05) is 90.5 Å². The molecule has 0 amide bonds. The van der Waals surface area contributed by atoms with E-state index in [9.17, 15) is 4.79 Å². The average Bonchev–Trinajstić information content (AvgIpc) is 2.70.